The van der Waals surface area contributed by atoms with Crippen molar-refractivity contribution in [3.05, 3.63) is 58.7 Å². The normalized spacial score (nSPS) is 12.7. The van der Waals surface area contributed by atoms with E-state index in [-0.39, 0.29) is 12.1 Å². The Bertz CT molecular complexity index is 1000. The van der Waals surface area contributed by atoms with Crippen molar-refractivity contribution in [2.75, 3.05) is 7.05 Å². The van der Waals surface area contributed by atoms with Crippen LogP contribution < -0.4 is 10.6 Å². The summed E-state index contributed by atoms with van der Waals surface area (Å²) in [4.78, 5) is 25.9. The van der Waals surface area contributed by atoms with Crippen molar-refractivity contribution in [1.82, 2.24) is 15.5 Å². The zero-order valence-electron chi connectivity index (χ0n) is 17.7. The second-order valence-corrected chi connectivity index (χ2v) is 8.24. The molecule has 0 bridgehead atoms. The number of carbonyl (C=O) groups excluding carboxylic acids is 2. The van der Waals surface area contributed by atoms with Crippen LogP contribution in [0, 0.1) is 11.3 Å². The number of nitrogens with one attached hydrogen (secondary N) is 2. The van der Waals surface area contributed by atoms with Crippen molar-refractivity contribution in [3.8, 4) is 17.2 Å². The van der Waals surface area contributed by atoms with Crippen molar-refractivity contribution in [2.45, 2.75) is 46.0 Å². The molecule has 2 aromatic carbocycles. The van der Waals surface area contributed by atoms with E-state index in [9.17, 15) is 9.59 Å². The van der Waals surface area contributed by atoms with Gasteiger partial charge in [-0.05, 0) is 66.8 Å². The van der Waals surface area contributed by atoms with E-state index in [0.29, 0.717) is 25.2 Å². The number of hydrogen-bond acceptors (Lipinski definition) is 4. The second-order valence-electron chi connectivity index (χ2n) is 8.24. The monoisotopic (exact) mass is 406 g/mol. The maximum atomic E-state index is 12.6. The predicted molar refractivity (Wildman–Crippen MR) is 113 cm³/mol. The average Bonchev–Trinajstić information content (AvgIpc) is 3.14. The first-order valence-electron chi connectivity index (χ1n) is 9.79. The minimum absolute atomic E-state index is 0.259. The van der Waals surface area contributed by atoms with Crippen LogP contribution in [0.4, 0.5) is 9.59 Å². The first-order valence-corrected chi connectivity index (χ1v) is 9.79. The van der Waals surface area contributed by atoms with E-state index in [0.717, 1.165) is 27.8 Å². The largest absolute Gasteiger partial charge is 0.444 e. The number of nitriles is 1. The van der Waals surface area contributed by atoms with E-state index >= 15 is 0 Å². The Hall–Kier alpha value is -3.53. The third-order valence-corrected chi connectivity index (χ3v) is 4.77. The lowest BCUT2D eigenvalue weighted by Gasteiger charge is -2.24. The van der Waals surface area contributed by atoms with Crippen molar-refractivity contribution in [1.29, 1.82) is 5.26 Å². The highest BCUT2D eigenvalue weighted by atomic mass is 16.6. The van der Waals surface area contributed by atoms with E-state index in [1.165, 1.54) is 0 Å². The molecule has 0 aromatic heterocycles. The summed E-state index contributed by atoms with van der Waals surface area (Å²) in [7, 11) is 1.57. The van der Waals surface area contributed by atoms with Crippen molar-refractivity contribution >= 4 is 12.1 Å². The molecule has 0 unspecified atom stereocenters. The minimum atomic E-state index is -0.565. The number of rotatable bonds is 3. The van der Waals surface area contributed by atoms with Crippen molar-refractivity contribution < 1.29 is 14.3 Å². The number of ether oxygens (including phenoxy) is 1. The summed E-state index contributed by atoms with van der Waals surface area (Å²) < 4.78 is 5.54. The molecule has 7 nitrogen and oxygen atoms in total. The maximum absolute atomic E-state index is 12.6. The van der Waals surface area contributed by atoms with Gasteiger partial charge in [0.1, 0.15) is 5.60 Å². The number of carbonyl (C=O) groups is 2. The smallest absolute Gasteiger partial charge is 0.410 e. The molecule has 0 fully saturated rings. The van der Waals surface area contributed by atoms with Gasteiger partial charge in [0.15, 0.2) is 0 Å². The molecule has 2 aromatic rings. The Morgan fingerprint density at radius 3 is 2.47 bits per heavy atom. The van der Waals surface area contributed by atoms with Crippen LogP contribution in [0.25, 0.3) is 11.1 Å². The predicted octanol–water partition coefficient (Wildman–Crippen LogP) is 3.90. The summed E-state index contributed by atoms with van der Waals surface area (Å²) in [6.07, 6.45) is -0.352. The highest BCUT2D eigenvalue weighted by Crippen LogP contribution is 2.35. The van der Waals surface area contributed by atoms with Crippen LogP contribution in [0.2, 0.25) is 0 Å². The standard InChI is InChI=1S/C23H26N4O3/c1-23(2,3)30-22(29)27-13-18-9-16(12-26-21(28)25-4)10-19(20(18)14-27)17-7-5-15(11-24)6-8-17/h5-10H,12-14H2,1-4H3,(H2,25,26,28). The lowest BCUT2D eigenvalue weighted by atomic mass is 9.94. The fourth-order valence-electron chi connectivity index (χ4n) is 3.39. The molecule has 3 rings (SSSR count). The lowest BCUT2D eigenvalue weighted by molar-refractivity contribution is 0.0242. The molecular formula is C23H26N4O3. The van der Waals surface area contributed by atoms with Crippen LogP contribution in [0.1, 0.15) is 43.0 Å². The molecule has 30 heavy (non-hydrogen) atoms. The average molecular weight is 406 g/mol. The molecule has 1 aliphatic heterocycles. The van der Waals surface area contributed by atoms with Crippen LogP contribution in [0.15, 0.2) is 36.4 Å². The van der Waals surface area contributed by atoms with Gasteiger partial charge < -0.3 is 15.4 Å². The maximum Gasteiger partial charge on any atom is 0.410 e. The van der Waals surface area contributed by atoms with Gasteiger partial charge in [0, 0.05) is 20.1 Å². The van der Waals surface area contributed by atoms with Gasteiger partial charge in [-0.15, -0.1) is 0 Å². The van der Waals surface area contributed by atoms with Gasteiger partial charge in [-0.2, -0.15) is 5.26 Å². The van der Waals surface area contributed by atoms with Crippen LogP contribution >= 0.6 is 0 Å². The van der Waals surface area contributed by atoms with E-state index in [4.69, 9.17) is 10.00 Å². The van der Waals surface area contributed by atoms with Gasteiger partial charge in [0.05, 0.1) is 18.2 Å². The van der Waals surface area contributed by atoms with E-state index in [1.807, 2.05) is 45.0 Å². The van der Waals surface area contributed by atoms with Gasteiger partial charge in [0.2, 0.25) is 0 Å². The fraction of sp³-hybridized carbons (Fsp3) is 0.348. The Morgan fingerprint density at radius 2 is 1.87 bits per heavy atom. The van der Waals surface area contributed by atoms with Gasteiger partial charge in [-0.1, -0.05) is 18.2 Å². The number of fused-ring (bicyclic) bond motifs is 1. The number of benzene rings is 2. The van der Waals surface area contributed by atoms with E-state index < -0.39 is 5.60 Å². The minimum Gasteiger partial charge on any atom is -0.444 e. The van der Waals surface area contributed by atoms with Crippen LogP contribution in [-0.4, -0.2) is 29.7 Å². The van der Waals surface area contributed by atoms with Crippen LogP contribution in [-0.2, 0) is 24.4 Å². The molecule has 0 saturated carbocycles. The highest BCUT2D eigenvalue weighted by Gasteiger charge is 2.30. The first-order chi connectivity index (χ1) is 14.2. The molecule has 0 spiro atoms. The molecule has 0 radical (unpaired) electrons. The lowest BCUT2D eigenvalue weighted by Crippen LogP contribution is -2.33. The third kappa shape index (κ3) is 4.90. The number of nitrogens with zero attached hydrogens (tertiary/aromatic N) is 2. The molecule has 1 aliphatic rings. The molecule has 0 saturated heterocycles. The Morgan fingerprint density at radius 1 is 1.17 bits per heavy atom. The highest BCUT2D eigenvalue weighted by molar-refractivity contribution is 5.76. The van der Waals surface area contributed by atoms with Gasteiger partial charge >= 0.3 is 12.1 Å². The van der Waals surface area contributed by atoms with Gasteiger partial charge in [-0.25, -0.2) is 9.59 Å². The van der Waals surface area contributed by atoms with Crippen molar-refractivity contribution in [3.63, 3.8) is 0 Å². The second kappa shape index (κ2) is 8.46. The quantitative estimate of drug-likeness (QED) is 0.808. The van der Waals surface area contributed by atoms with Crippen molar-refractivity contribution in [2.24, 2.45) is 0 Å². The summed E-state index contributed by atoms with van der Waals surface area (Å²) >= 11 is 0. The summed E-state index contributed by atoms with van der Waals surface area (Å²) in [5.41, 5.74) is 4.97. The summed E-state index contributed by atoms with van der Waals surface area (Å²) in [5, 5.41) is 14.4. The first kappa shape index (κ1) is 21.2. The molecule has 7 heteroatoms. The molecule has 156 valence electrons. The molecular weight excluding hydrogens is 380 g/mol. The van der Waals surface area contributed by atoms with E-state index in [2.05, 4.69) is 16.7 Å². The summed E-state index contributed by atoms with van der Waals surface area (Å²) in [5.74, 6) is 0. The zero-order valence-corrected chi connectivity index (χ0v) is 17.7. The fourth-order valence-corrected chi connectivity index (χ4v) is 3.39. The van der Waals surface area contributed by atoms with Gasteiger partial charge in [0.25, 0.3) is 0 Å². The summed E-state index contributed by atoms with van der Waals surface area (Å²) in [6.45, 7) is 6.79. The Labute approximate surface area is 176 Å². The Balaban J connectivity index is 1.95. The zero-order chi connectivity index (χ0) is 21.9. The number of hydrogen-bond donors (Lipinski definition) is 2. The van der Waals surface area contributed by atoms with Gasteiger partial charge in [-0.3, -0.25) is 4.90 Å². The molecule has 2 N–H and O–H groups in total. The molecule has 0 aliphatic carbocycles. The number of urea groups is 1. The van der Waals surface area contributed by atoms with Crippen LogP contribution in [0.5, 0.6) is 0 Å². The van der Waals surface area contributed by atoms with Crippen LogP contribution in [0.3, 0.4) is 0 Å². The van der Waals surface area contributed by atoms with E-state index in [1.54, 1.807) is 24.1 Å². The topological polar surface area (TPSA) is 94.5 Å². The third-order valence-electron chi connectivity index (χ3n) is 4.77. The SMILES string of the molecule is CNC(=O)NCc1cc2c(c(-c3ccc(C#N)cc3)c1)CN(C(=O)OC(C)(C)C)C2. The molecule has 0 atom stereocenters. The summed E-state index contributed by atoms with van der Waals surface area (Å²) in [6, 6.07) is 13.3. The number of amides is 3. The Kier molecular flexibility index (Phi) is 5.97. The molecule has 3 amide bonds. The molecule has 1 heterocycles.